The molecule has 2 aromatic rings. The Kier molecular flexibility index (Phi) is 4.96. The van der Waals surface area contributed by atoms with E-state index in [9.17, 15) is 13.2 Å². The van der Waals surface area contributed by atoms with E-state index >= 15 is 0 Å². The maximum Gasteiger partial charge on any atom is 0.258 e. The van der Waals surface area contributed by atoms with Crippen molar-refractivity contribution in [1.82, 2.24) is 4.98 Å². The molecule has 0 unspecified atom stereocenters. The summed E-state index contributed by atoms with van der Waals surface area (Å²) in [4.78, 5) is 16.6. The number of rotatable bonds is 3. The first-order valence-electron chi connectivity index (χ1n) is 7.91. The number of hydrogen-bond acceptors (Lipinski definition) is 4. The Morgan fingerprint density at radius 3 is 2.76 bits per heavy atom. The summed E-state index contributed by atoms with van der Waals surface area (Å²) in [6.07, 6.45) is 3.06. The van der Waals surface area contributed by atoms with Gasteiger partial charge in [-0.25, -0.2) is 13.4 Å². The van der Waals surface area contributed by atoms with Gasteiger partial charge >= 0.3 is 0 Å². The lowest BCUT2D eigenvalue weighted by Crippen LogP contribution is -2.37. The molecule has 0 atom stereocenters. The van der Waals surface area contributed by atoms with Crippen LogP contribution < -0.4 is 9.62 Å². The second-order valence-electron chi connectivity index (χ2n) is 5.88. The van der Waals surface area contributed by atoms with Gasteiger partial charge in [0.05, 0.1) is 22.0 Å². The maximum absolute atomic E-state index is 12.4. The van der Waals surface area contributed by atoms with Gasteiger partial charge in [-0.3, -0.25) is 9.10 Å². The lowest BCUT2D eigenvalue weighted by molar-refractivity contribution is 0.102. The molecule has 0 saturated carbocycles. The first-order chi connectivity index (χ1) is 11.9. The quantitative estimate of drug-likeness (QED) is 0.887. The SMILES string of the molecule is Cc1cccnc1NC(=O)c1ccc(N2CCCCS2(=O)=O)cc1Cl. The summed E-state index contributed by atoms with van der Waals surface area (Å²) < 4.78 is 25.7. The number of benzene rings is 1. The van der Waals surface area contributed by atoms with Crippen molar-refractivity contribution in [3.8, 4) is 0 Å². The molecule has 0 spiro atoms. The highest BCUT2D eigenvalue weighted by atomic mass is 35.5. The van der Waals surface area contributed by atoms with Crippen molar-refractivity contribution in [3.63, 3.8) is 0 Å². The zero-order valence-electron chi connectivity index (χ0n) is 13.7. The van der Waals surface area contributed by atoms with E-state index in [0.29, 0.717) is 24.5 Å². The number of halogens is 1. The number of hydrogen-bond donors (Lipinski definition) is 1. The van der Waals surface area contributed by atoms with E-state index in [4.69, 9.17) is 11.6 Å². The normalized spacial score (nSPS) is 16.5. The summed E-state index contributed by atoms with van der Waals surface area (Å²) in [6, 6.07) is 8.29. The predicted molar refractivity (Wildman–Crippen MR) is 98.7 cm³/mol. The van der Waals surface area contributed by atoms with Crippen LogP contribution in [0.3, 0.4) is 0 Å². The molecule has 8 heteroatoms. The molecule has 1 saturated heterocycles. The van der Waals surface area contributed by atoms with E-state index < -0.39 is 10.0 Å². The summed E-state index contributed by atoms with van der Waals surface area (Å²) in [5, 5.41) is 2.91. The third kappa shape index (κ3) is 3.77. The molecule has 0 bridgehead atoms. The Morgan fingerprint density at radius 1 is 1.28 bits per heavy atom. The van der Waals surface area contributed by atoms with Crippen molar-refractivity contribution in [3.05, 3.63) is 52.7 Å². The Labute approximate surface area is 151 Å². The number of amides is 1. The monoisotopic (exact) mass is 379 g/mol. The van der Waals surface area contributed by atoms with Crippen LogP contribution in [0.4, 0.5) is 11.5 Å². The molecule has 1 aromatic carbocycles. The molecule has 1 N–H and O–H groups in total. The first kappa shape index (κ1) is 17.7. The lowest BCUT2D eigenvalue weighted by atomic mass is 10.1. The molecular formula is C17H18ClN3O3S. The molecule has 3 rings (SSSR count). The van der Waals surface area contributed by atoms with E-state index in [1.807, 2.05) is 13.0 Å². The fourth-order valence-electron chi connectivity index (χ4n) is 2.71. The van der Waals surface area contributed by atoms with Gasteiger partial charge in [0.1, 0.15) is 5.82 Å². The Balaban J connectivity index is 1.85. The van der Waals surface area contributed by atoms with Crippen molar-refractivity contribution in [2.45, 2.75) is 19.8 Å². The van der Waals surface area contributed by atoms with Crippen LogP contribution in [-0.4, -0.2) is 31.6 Å². The van der Waals surface area contributed by atoms with E-state index in [0.717, 1.165) is 12.0 Å². The summed E-state index contributed by atoms with van der Waals surface area (Å²) in [5.41, 5.74) is 1.59. The van der Waals surface area contributed by atoms with Crippen molar-refractivity contribution in [2.75, 3.05) is 21.9 Å². The number of aryl methyl sites for hydroxylation is 1. The summed E-state index contributed by atoms with van der Waals surface area (Å²) in [7, 11) is -3.32. The minimum Gasteiger partial charge on any atom is -0.306 e. The van der Waals surface area contributed by atoms with Crippen LogP contribution in [0.15, 0.2) is 36.5 Å². The highest BCUT2D eigenvalue weighted by Crippen LogP contribution is 2.28. The smallest absolute Gasteiger partial charge is 0.258 e. The molecule has 1 aliphatic heterocycles. The molecule has 6 nitrogen and oxygen atoms in total. The molecule has 132 valence electrons. The molecule has 1 amide bonds. The number of anilines is 2. The summed E-state index contributed by atoms with van der Waals surface area (Å²) >= 11 is 6.24. The van der Waals surface area contributed by atoms with Gasteiger partial charge in [0.15, 0.2) is 0 Å². The molecule has 1 fully saturated rings. The number of carbonyl (C=O) groups is 1. The molecular weight excluding hydrogens is 362 g/mol. The van der Waals surface area contributed by atoms with Gasteiger partial charge in [-0.2, -0.15) is 0 Å². The average Bonchev–Trinajstić information content (AvgIpc) is 2.56. The summed E-state index contributed by atoms with van der Waals surface area (Å²) in [6.45, 7) is 2.27. The van der Waals surface area contributed by atoms with Crippen LogP contribution in [-0.2, 0) is 10.0 Å². The van der Waals surface area contributed by atoms with E-state index in [-0.39, 0.29) is 22.2 Å². The van der Waals surface area contributed by atoms with Gasteiger partial charge in [0, 0.05) is 12.7 Å². The van der Waals surface area contributed by atoms with Gasteiger partial charge < -0.3 is 5.32 Å². The number of nitrogens with zero attached hydrogens (tertiary/aromatic N) is 2. The molecule has 0 radical (unpaired) electrons. The highest BCUT2D eigenvalue weighted by Gasteiger charge is 2.26. The van der Waals surface area contributed by atoms with Gasteiger partial charge in [-0.1, -0.05) is 17.7 Å². The van der Waals surface area contributed by atoms with Crippen LogP contribution >= 0.6 is 11.6 Å². The lowest BCUT2D eigenvalue weighted by Gasteiger charge is -2.28. The van der Waals surface area contributed by atoms with Crippen LogP contribution in [0.1, 0.15) is 28.8 Å². The fraction of sp³-hybridized carbons (Fsp3) is 0.294. The Bertz CT molecular complexity index is 915. The third-order valence-electron chi connectivity index (χ3n) is 4.08. The van der Waals surface area contributed by atoms with Crippen LogP contribution in [0, 0.1) is 6.92 Å². The Hall–Kier alpha value is -2.12. The van der Waals surface area contributed by atoms with Crippen LogP contribution in [0.25, 0.3) is 0 Å². The average molecular weight is 380 g/mol. The zero-order chi connectivity index (χ0) is 18.0. The van der Waals surface area contributed by atoms with Gasteiger partial charge in [-0.05, 0) is 49.6 Å². The minimum absolute atomic E-state index is 0.131. The minimum atomic E-state index is -3.32. The molecule has 25 heavy (non-hydrogen) atoms. The standard InChI is InChI=1S/C17H18ClN3O3S/c1-12-5-4-8-19-16(12)20-17(22)14-7-6-13(11-15(14)18)21-9-2-3-10-25(21,23)24/h4-8,11H,2-3,9-10H2,1H3,(H,19,20,22). The number of carbonyl (C=O) groups excluding carboxylic acids is 1. The van der Waals surface area contributed by atoms with Gasteiger partial charge in [0.25, 0.3) is 5.91 Å². The predicted octanol–water partition coefficient (Wildman–Crippen LogP) is 3.23. The van der Waals surface area contributed by atoms with Gasteiger partial charge in [0.2, 0.25) is 10.0 Å². The number of sulfonamides is 1. The second-order valence-corrected chi connectivity index (χ2v) is 8.30. The first-order valence-corrected chi connectivity index (χ1v) is 9.90. The van der Waals surface area contributed by atoms with Crippen molar-refractivity contribution >= 4 is 39.0 Å². The summed E-state index contributed by atoms with van der Waals surface area (Å²) in [5.74, 6) is 0.206. The molecule has 1 aromatic heterocycles. The van der Waals surface area contributed by atoms with Crippen molar-refractivity contribution < 1.29 is 13.2 Å². The van der Waals surface area contributed by atoms with Crippen LogP contribution in [0.5, 0.6) is 0 Å². The largest absolute Gasteiger partial charge is 0.306 e. The topological polar surface area (TPSA) is 79.4 Å². The van der Waals surface area contributed by atoms with E-state index in [2.05, 4.69) is 10.3 Å². The van der Waals surface area contributed by atoms with E-state index in [1.165, 1.54) is 16.4 Å². The molecule has 1 aliphatic rings. The fourth-order valence-corrected chi connectivity index (χ4v) is 4.61. The van der Waals surface area contributed by atoms with E-state index in [1.54, 1.807) is 18.3 Å². The zero-order valence-corrected chi connectivity index (χ0v) is 15.3. The van der Waals surface area contributed by atoms with Crippen molar-refractivity contribution in [2.24, 2.45) is 0 Å². The Morgan fingerprint density at radius 2 is 2.08 bits per heavy atom. The number of nitrogens with one attached hydrogen (secondary N) is 1. The maximum atomic E-state index is 12.4. The molecule has 0 aliphatic carbocycles. The van der Waals surface area contributed by atoms with Crippen LogP contribution in [0.2, 0.25) is 5.02 Å². The second kappa shape index (κ2) is 7.01. The highest BCUT2D eigenvalue weighted by molar-refractivity contribution is 7.92. The number of pyridine rings is 1. The molecule has 2 heterocycles. The third-order valence-corrected chi connectivity index (χ3v) is 6.26. The van der Waals surface area contributed by atoms with Crippen molar-refractivity contribution in [1.29, 1.82) is 0 Å². The number of aromatic nitrogens is 1. The van der Waals surface area contributed by atoms with Gasteiger partial charge in [-0.15, -0.1) is 0 Å².